The van der Waals surface area contributed by atoms with Crippen LogP contribution in [0.1, 0.15) is 38.3 Å². The largest absolute Gasteiger partial charge is 0.497 e. The Morgan fingerprint density at radius 1 is 1.17 bits per heavy atom. The summed E-state index contributed by atoms with van der Waals surface area (Å²) in [5.41, 5.74) is 3.41. The summed E-state index contributed by atoms with van der Waals surface area (Å²) in [7, 11) is 1.64. The van der Waals surface area contributed by atoms with Crippen LogP contribution in [0.5, 0.6) is 5.75 Å². The molecule has 152 valence electrons. The molecule has 0 spiro atoms. The minimum atomic E-state index is -0.340. The van der Waals surface area contributed by atoms with E-state index >= 15 is 0 Å². The Kier molecular flexibility index (Phi) is 4.20. The van der Waals surface area contributed by atoms with Gasteiger partial charge in [0.25, 0.3) is 0 Å². The predicted molar refractivity (Wildman–Crippen MR) is 113 cm³/mol. The molecular formula is C23H23N5O2. The summed E-state index contributed by atoms with van der Waals surface area (Å²) in [6.45, 7) is 4.25. The number of ketones is 1. The lowest BCUT2D eigenvalue weighted by molar-refractivity contribution is -0.118. The topological polar surface area (TPSA) is 81.9 Å². The molecular weight excluding hydrogens is 378 g/mol. The molecule has 1 aliphatic heterocycles. The first-order valence-electron chi connectivity index (χ1n) is 9.99. The van der Waals surface area contributed by atoms with Crippen molar-refractivity contribution in [3.8, 4) is 17.1 Å². The molecule has 0 amide bonds. The number of benzene rings is 1. The Morgan fingerprint density at radius 2 is 1.97 bits per heavy atom. The van der Waals surface area contributed by atoms with Gasteiger partial charge in [0.2, 0.25) is 5.95 Å². The number of anilines is 1. The molecule has 7 nitrogen and oxygen atoms in total. The number of rotatable bonds is 3. The minimum absolute atomic E-state index is 0.0938. The summed E-state index contributed by atoms with van der Waals surface area (Å²) in [5, 5.41) is 8.18. The van der Waals surface area contributed by atoms with Gasteiger partial charge in [-0.25, -0.2) is 4.68 Å². The summed E-state index contributed by atoms with van der Waals surface area (Å²) >= 11 is 0. The molecule has 1 aliphatic carbocycles. The second-order valence-corrected chi connectivity index (χ2v) is 8.58. The quantitative estimate of drug-likeness (QED) is 0.714. The van der Waals surface area contributed by atoms with Gasteiger partial charge in [0, 0.05) is 35.6 Å². The van der Waals surface area contributed by atoms with Gasteiger partial charge in [0.05, 0.1) is 7.11 Å². The number of Topliss-reactive ketones (excluding diaryl/α,β-unsaturated/α-hetero) is 1. The number of aromatic nitrogens is 4. The summed E-state index contributed by atoms with van der Waals surface area (Å²) in [6, 6.07) is 11.2. The molecule has 0 saturated carbocycles. The summed E-state index contributed by atoms with van der Waals surface area (Å²) < 4.78 is 7.06. The summed E-state index contributed by atoms with van der Waals surface area (Å²) in [4.78, 5) is 22.2. The highest BCUT2D eigenvalue weighted by atomic mass is 16.5. The molecule has 3 aromatic rings. The standard InChI is InChI=1S/C23H23N5O2/c1-23(2)11-17-19(18(29)12-23)20(15-5-4-10-24-13-15)28-22(25-17)26-21(27-28)14-6-8-16(30-3)9-7-14/h4-10,13,20H,11-12H2,1-3H3,(H,25,26,27)/t20-/m0/s1. The van der Waals surface area contributed by atoms with Gasteiger partial charge >= 0.3 is 0 Å². The summed E-state index contributed by atoms with van der Waals surface area (Å²) in [6.07, 6.45) is 4.83. The molecule has 0 radical (unpaired) electrons. The normalized spacial score (nSPS) is 19.7. The van der Waals surface area contributed by atoms with Crippen LogP contribution in [0.25, 0.3) is 11.4 Å². The number of fused-ring (bicyclic) bond motifs is 1. The average Bonchev–Trinajstić information content (AvgIpc) is 3.15. The fourth-order valence-corrected chi connectivity index (χ4v) is 4.32. The first-order valence-corrected chi connectivity index (χ1v) is 9.99. The molecule has 0 unspecified atom stereocenters. The van der Waals surface area contributed by atoms with E-state index in [9.17, 15) is 4.79 Å². The maximum Gasteiger partial charge on any atom is 0.226 e. The number of carbonyl (C=O) groups excluding carboxylic acids is 1. The van der Waals surface area contributed by atoms with E-state index < -0.39 is 0 Å². The Morgan fingerprint density at radius 3 is 2.67 bits per heavy atom. The SMILES string of the molecule is COc1ccc(-c2nc3n(n2)[C@@H](c2cccnc2)C2=C(CC(C)(C)CC2=O)N3)cc1. The van der Waals surface area contributed by atoms with Crippen molar-refractivity contribution < 1.29 is 9.53 Å². The number of allylic oxidation sites excluding steroid dienone is 2. The molecule has 5 rings (SSSR count). The van der Waals surface area contributed by atoms with Crippen molar-refractivity contribution in [3.05, 3.63) is 65.6 Å². The van der Waals surface area contributed by atoms with Crippen molar-refractivity contribution >= 4 is 11.7 Å². The highest BCUT2D eigenvalue weighted by molar-refractivity contribution is 6.00. The maximum absolute atomic E-state index is 13.2. The minimum Gasteiger partial charge on any atom is -0.497 e. The third-order valence-corrected chi connectivity index (χ3v) is 5.68. The summed E-state index contributed by atoms with van der Waals surface area (Å²) in [5.74, 6) is 2.16. The van der Waals surface area contributed by atoms with Crippen LogP contribution in [-0.4, -0.2) is 32.6 Å². The van der Waals surface area contributed by atoms with Gasteiger partial charge in [-0.2, -0.15) is 4.98 Å². The van der Waals surface area contributed by atoms with E-state index in [-0.39, 0.29) is 17.2 Å². The molecule has 1 N–H and O–H groups in total. The van der Waals surface area contributed by atoms with Gasteiger partial charge in [-0.15, -0.1) is 5.10 Å². The highest BCUT2D eigenvalue weighted by Gasteiger charge is 2.41. The van der Waals surface area contributed by atoms with Crippen molar-refractivity contribution in [2.24, 2.45) is 5.41 Å². The van der Waals surface area contributed by atoms with E-state index in [1.807, 2.05) is 41.1 Å². The molecule has 1 aromatic carbocycles. The molecule has 2 aromatic heterocycles. The lowest BCUT2D eigenvalue weighted by atomic mass is 9.73. The van der Waals surface area contributed by atoms with Crippen molar-refractivity contribution in [2.75, 3.05) is 12.4 Å². The molecule has 1 atom stereocenters. The molecule has 7 heteroatoms. The third-order valence-electron chi connectivity index (χ3n) is 5.68. The van der Waals surface area contributed by atoms with Crippen LogP contribution in [-0.2, 0) is 4.79 Å². The average molecular weight is 401 g/mol. The number of hydrogen-bond acceptors (Lipinski definition) is 6. The monoisotopic (exact) mass is 401 g/mol. The van der Waals surface area contributed by atoms with Gasteiger partial charge in [0.15, 0.2) is 11.6 Å². The zero-order valence-corrected chi connectivity index (χ0v) is 17.2. The van der Waals surface area contributed by atoms with Crippen molar-refractivity contribution in [1.29, 1.82) is 0 Å². The number of pyridine rings is 1. The molecule has 0 bridgehead atoms. The van der Waals surface area contributed by atoms with Gasteiger partial charge in [-0.3, -0.25) is 9.78 Å². The van der Waals surface area contributed by atoms with Gasteiger partial charge in [0.1, 0.15) is 11.8 Å². The van der Waals surface area contributed by atoms with Gasteiger partial charge in [-0.1, -0.05) is 19.9 Å². The predicted octanol–water partition coefficient (Wildman–Crippen LogP) is 4.01. The second kappa shape index (κ2) is 6.79. The first-order chi connectivity index (χ1) is 14.4. The van der Waals surface area contributed by atoms with E-state index in [4.69, 9.17) is 14.8 Å². The zero-order chi connectivity index (χ0) is 20.9. The molecule has 2 aliphatic rings. The van der Waals surface area contributed by atoms with Crippen LogP contribution in [0.15, 0.2) is 60.1 Å². The fourth-order valence-electron chi connectivity index (χ4n) is 4.32. The Hall–Kier alpha value is -3.48. The van der Waals surface area contributed by atoms with Crippen molar-refractivity contribution in [1.82, 2.24) is 19.7 Å². The van der Waals surface area contributed by atoms with Crippen LogP contribution in [0, 0.1) is 5.41 Å². The van der Waals surface area contributed by atoms with Crippen molar-refractivity contribution in [3.63, 3.8) is 0 Å². The number of hydrogen-bond donors (Lipinski definition) is 1. The van der Waals surface area contributed by atoms with Crippen molar-refractivity contribution in [2.45, 2.75) is 32.7 Å². The molecule has 30 heavy (non-hydrogen) atoms. The van der Waals surface area contributed by atoms with Gasteiger partial charge < -0.3 is 10.1 Å². The van der Waals surface area contributed by atoms with Gasteiger partial charge in [-0.05, 0) is 47.7 Å². The smallest absolute Gasteiger partial charge is 0.226 e. The van der Waals surface area contributed by atoms with Crippen LogP contribution in [0.3, 0.4) is 0 Å². The lowest BCUT2D eigenvalue weighted by Crippen LogP contribution is -2.36. The van der Waals surface area contributed by atoms with E-state index in [1.165, 1.54) is 0 Å². The lowest BCUT2D eigenvalue weighted by Gasteiger charge is -2.38. The zero-order valence-electron chi connectivity index (χ0n) is 17.2. The van der Waals surface area contributed by atoms with Crippen LogP contribution in [0.4, 0.5) is 5.95 Å². The van der Waals surface area contributed by atoms with E-state index in [0.29, 0.717) is 18.2 Å². The number of methoxy groups -OCH3 is 1. The number of nitrogens with one attached hydrogen (secondary N) is 1. The Bertz CT molecular complexity index is 1150. The maximum atomic E-state index is 13.2. The number of ether oxygens (including phenoxy) is 1. The van der Waals surface area contributed by atoms with E-state index in [1.54, 1.807) is 19.5 Å². The molecule has 3 heterocycles. The molecule has 0 saturated heterocycles. The number of carbonyl (C=O) groups is 1. The molecule has 0 fully saturated rings. The van der Waals surface area contributed by atoms with E-state index in [0.717, 1.165) is 34.6 Å². The number of nitrogens with zero attached hydrogens (tertiary/aromatic N) is 4. The van der Waals surface area contributed by atoms with Crippen LogP contribution in [0.2, 0.25) is 0 Å². The highest BCUT2D eigenvalue weighted by Crippen LogP contribution is 2.45. The first kappa shape index (κ1) is 18.5. The van der Waals surface area contributed by atoms with Crippen LogP contribution < -0.4 is 10.1 Å². The Balaban J connectivity index is 1.64. The third kappa shape index (κ3) is 3.07. The fraction of sp³-hybridized carbons (Fsp3) is 0.304. The van der Waals surface area contributed by atoms with Crippen LogP contribution >= 0.6 is 0 Å². The van der Waals surface area contributed by atoms with E-state index in [2.05, 4.69) is 24.1 Å². The second-order valence-electron chi connectivity index (χ2n) is 8.58. The Labute approximate surface area is 174 Å².